The fourth-order valence-corrected chi connectivity index (χ4v) is 3.52. The number of methoxy groups -OCH3 is 1. The maximum absolute atomic E-state index is 5.62. The number of ether oxygens (including phenoxy) is 1. The molecule has 0 saturated carbocycles. The van der Waals surface area contributed by atoms with Crippen molar-refractivity contribution in [2.45, 2.75) is 32.7 Å². The van der Waals surface area contributed by atoms with Gasteiger partial charge in [0.05, 0.1) is 7.11 Å². The van der Waals surface area contributed by atoms with Crippen LogP contribution in [-0.2, 0) is 6.54 Å². The van der Waals surface area contributed by atoms with Crippen molar-refractivity contribution < 1.29 is 4.74 Å². The van der Waals surface area contributed by atoms with Crippen molar-refractivity contribution in [1.82, 2.24) is 4.90 Å². The van der Waals surface area contributed by atoms with E-state index in [1.807, 2.05) is 0 Å². The van der Waals surface area contributed by atoms with Crippen molar-refractivity contribution in [2.75, 3.05) is 20.2 Å². The molecule has 1 heterocycles. The van der Waals surface area contributed by atoms with Crippen molar-refractivity contribution in [3.05, 3.63) is 42.0 Å². The van der Waals surface area contributed by atoms with E-state index in [1.54, 1.807) is 7.11 Å². The van der Waals surface area contributed by atoms with Crippen molar-refractivity contribution in [1.29, 1.82) is 0 Å². The molecule has 1 saturated heterocycles. The molecule has 0 spiro atoms. The second kappa shape index (κ2) is 6.48. The number of hydrogen-bond donors (Lipinski definition) is 0. The van der Waals surface area contributed by atoms with Gasteiger partial charge >= 0.3 is 0 Å². The predicted octanol–water partition coefficient (Wildman–Crippen LogP) is 4.47. The van der Waals surface area contributed by atoms with E-state index in [1.165, 1.54) is 48.7 Å². The number of likely N-dealkylation sites (tertiary alicyclic amines) is 1. The Balaban J connectivity index is 1.91. The van der Waals surface area contributed by atoms with Crippen molar-refractivity contribution in [2.24, 2.45) is 5.92 Å². The normalized spacial score (nSPS) is 19.8. The number of piperidine rings is 1. The number of nitrogens with zero attached hydrogens (tertiary/aromatic N) is 1. The van der Waals surface area contributed by atoms with Gasteiger partial charge in [-0.2, -0.15) is 0 Å². The standard InChI is InChI=1S/C19H25NO/c1-3-15-7-6-12-20(13-15)14-18-17-9-5-4-8-16(17)10-11-19(18)21-2/h4-5,8-11,15H,3,6-7,12-14H2,1-2H3. The van der Waals surface area contributed by atoms with Crippen LogP contribution < -0.4 is 4.74 Å². The van der Waals surface area contributed by atoms with Gasteiger partial charge in [-0.1, -0.05) is 43.7 Å². The first-order chi connectivity index (χ1) is 10.3. The molecule has 1 unspecified atom stereocenters. The van der Waals surface area contributed by atoms with Gasteiger partial charge in [-0.05, 0) is 42.1 Å². The Labute approximate surface area is 127 Å². The van der Waals surface area contributed by atoms with Gasteiger partial charge in [0.1, 0.15) is 5.75 Å². The van der Waals surface area contributed by atoms with Crippen LogP contribution in [-0.4, -0.2) is 25.1 Å². The van der Waals surface area contributed by atoms with E-state index < -0.39 is 0 Å². The first-order valence-corrected chi connectivity index (χ1v) is 8.08. The van der Waals surface area contributed by atoms with Gasteiger partial charge in [-0.3, -0.25) is 4.90 Å². The molecular weight excluding hydrogens is 258 g/mol. The molecule has 2 heteroatoms. The fourth-order valence-electron chi connectivity index (χ4n) is 3.52. The zero-order chi connectivity index (χ0) is 14.7. The third-order valence-electron chi connectivity index (χ3n) is 4.78. The second-order valence-electron chi connectivity index (χ2n) is 6.12. The third-order valence-corrected chi connectivity index (χ3v) is 4.78. The molecule has 0 N–H and O–H groups in total. The van der Waals surface area contributed by atoms with Crippen LogP contribution in [0, 0.1) is 5.92 Å². The Morgan fingerprint density at radius 3 is 2.86 bits per heavy atom. The van der Waals surface area contributed by atoms with Gasteiger partial charge in [-0.15, -0.1) is 0 Å². The summed E-state index contributed by atoms with van der Waals surface area (Å²) in [6.45, 7) is 5.75. The van der Waals surface area contributed by atoms with E-state index in [0.717, 1.165) is 18.2 Å². The van der Waals surface area contributed by atoms with Crippen molar-refractivity contribution >= 4 is 10.8 Å². The molecule has 0 aromatic heterocycles. The number of benzene rings is 2. The topological polar surface area (TPSA) is 12.5 Å². The maximum Gasteiger partial charge on any atom is 0.123 e. The first kappa shape index (κ1) is 14.4. The van der Waals surface area contributed by atoms with Crippen LogP contribution in [0.2, 0.25) is 0 Å². The fraction of sp³-hybridized carbons (Fsp3) is 0.474. The zero-order valence-electron chi connectivity index (χ0n) is 13.1. The molecule has 1 aliphatic rings. The summed E-state index contributed by atoms with van der Waals surface area (Å²) in [4.78, 5) is 2.60. The summed E-state index contributed by atoms with van der Waals surface area (Å²) in [6, 6.07) is 12.9. The van der Waals surface area contributed by atoms with Crippen molar-refractivity contribution in [3.63, 3.8) is 0 Å². The SMILES string of the molecule is CCC1CCCN(Cc2c(OC)ccc3ccccc23)C1. The minimum Gasteiger partial charge on any atom is -0.496 e. The summed E-state index contributed by atoms with van der Waals surface area (Å²) < 4.78 is 5.62. The molecule has 1 fully saturated rings. The first-order valence-electron chi connectivity index (χ1n) is 8.08. The Hall–Kier alpha value is -1.54. The average Bonchev–Trinajstić information content (AvgIpc) is 2.55. The highest BCUT2D eigenvalue weighted by Crippen LogP contribution is 2.30. The van der Waals surface area contributed by atoms with E-state index in [2.05, 4.69) is 48.2 Å². The van der Waals surface area contributed by atoms with Crippen LogP contribution in [0.1, 0.15) is 31.7 Å². The summed E-state index contributed by atoms with van der Waals surface area (Å²) in [7, 11) is 1.78. The summed E-state index contributed by atoms with van der Waals surface area (Å²) in [6.07, 6.45) is 4.01. The summed E-state index contributed by atoms with van der Waals surface area (Å²) in [5.74, 6) is 1.88. The Morgan fingerprint density at radius 2 is 2.05 bits per heavy atom. The Morgan fingerprint density at radius 1 is 1.19 bits per heavy atom. The van der Waals surface area contributed by atoms with E-state index in [-0.39, 0.29) is 0 Å². The largest absolute Gasteiger partial charge is 0.496 e. The summed E-state index contributed by atoms with van der Waals surface area (Å²) in [5, 5.41) is 2.63. The van der Waals surface area contributed by atoms with Gasteiger partial charge < -0.3 is 4.74 Å². The molecule has 2 nitrogen and oxygen atoms in total. The van der Waals surface area contributed by atoms with Crippen LogP contribution in [0.4, 0.5) is 0 Å². The number of rotatable bonds is 4. The minimum atomic E-state index is 0.861. The van der Waals surface area contributed by atoms with Crippen LogP contribution >= 0.6 is 0 Å². The van der Waals surface area contributed by atoms with Crippen LogP contribution in [0.15, 0.2) is 36.4 Å². The molecule has 1 aliphatic heterocycles. The summed E-state index contributed by atoms with van der Waals surface area (Å²) >= 11 is 0. The van der Waals surface area contributed by atoms with Crippen LogP contribution in [0.25, 0.3) is 10.8 Å². The molecule has 112 valence electrons. The monoisotopic (exact) mass is 283 g/mol. The van der Waals surface area contributed by atoms with Gasteiger partial charge in [0.25, 0.3) is 0 Å². The quantitative estimate of drug-likeness (QED) is 0.821. The average molecular weight is 283 g/mol. The van der Waals surface area contributed by atoms with Crippen LogP contribution in [0.3, 0.4) is 0 Å². The van der Waals surface area contributed by atoms with Gasteiger partial charge in [0.2, 0.25) is 0 Å². The zero-order valence-corrected chi connectivity index (χ0v) is 13.1. The smallest absolute Gasteiger partial charge is 0.123 e. The third kappa shape index (κ3) is 3.06. The van der Waals surface area contributed by atoms with Gasteiger partial charge in [-0.25, -0.2) is 0 Å². The second-order valence-corrected chi connectivity index (χ2v) is 6.12. The van der Waals surface area contributed by atoms with Gasteiger partial charge in [0, 0.05) is 18.7 Å². The molecule has 2 aromatic carbocycles. The lowest BCUT2D eigenvalue weighted by atomic mass is 9.94. The molecular formula is C19H25NO. The molecule has 21 heavy (non-hydrogen) atoms. The summed E-state index contributed by atoms with van der Waals surface area (Å²) in [5.41, 5.74) is 1.34. The van der Waals surface area contributed by atoms with E-state index >= 15 is 0 Å². The molecule has 0 aliphatic carbocycles. The Kier molecular flexibility index (Phi) is 4.45. The van der Waals surface area contributed by atoms with Crippen LogP contribution in [0.5, 0.6) is 5.75 Å². The van der Waals surface area contributed by atoms with Crippen molar-refractivity contribution in [3.8, 4) is 5.75 Å². The minimum absolute atomic E-state index is 0.861. The highest BCUT2D eigenvalue weighted by atomic mass is 16.5. The highest BCUT2D eigenvalue weighted by molar-refractivity contribution is 5.87. The lowest BCUT2D eigenvalue weighted by molar-refractivity contribution is 0.164. The lowest BCUT2D eigenvalue weighted by Gasteiger charge is -2.32. The molecule has 0 bridgehead atoms. The predicted molar refractivity (Wildman–Crippen MR) is 88.8 cm³/mol. The molecule has 0 amide bonds. The maximum atomic E-state index is 5.62. The highest BCUT2D eigenvalue weighted by Gasteiger charge is 2.20. The molecule has 1 atom stereocenters. The lowest BCUT2D eigenvalue weighted by Crippen LogP contribution is -2.34. The molecule has 3 rings (SSSR count). The molecule has 0 radical (unpaired) electrons. The van der Waals surface area contributed by atoms with E-state index in [0.29, 0.717) is 0 Å². The molecule has 2 aromatic rings. The number of fused-ring (bicyclic) bond motifs is 1. The van der Waals surface area contributed by atoms with E-state index in [9.17, 15) is 0 Å². The number of hydrogen-bond acceptors (Lipinski definition) is 2. The Bertz CT molecular complexity index is 608. The van der Waals surface area contributed by atoms with E-state index in [4.69, 9.17) is 4.74 Å². The van der Waals surface area contributed by atoms with Gasteiger partial charge in [0.15, 0.2) is 0 Å².